The van der Waals surface area contributed by atoms with Crippen LogP contribution in [-0.4, -0.2) is 17.5 Å². The lowest BCUT2D eigenvalue weighted by Gasteiger charge is -2.12. The third-order valence-corrected chi connectivity index (χ3v) is 4.56. The molecule has 0 saturated heterocycles. The Morgan fingerprint density at radius 2 is 1.89 bits per heavy atom. The molecule has 2 aromatic heterocycles. The van der Waals surface area contributed by atoms with Crippen LogP contribution in [0.1, 0.15) is 11.1 Å². The normalized spacial score (nSPS) is 10.9. The molecule has 2 heterocycles. The molecule has 0 atom stereocenters. The smallest absolute Gasteiger partial charge is 0.344 e. The van der Waals surface area contributed by atoms with Gasteiger partial charge in [0.05, 0.1) is 5.39 Å². The molecule has 0 radical (unpaired) electrons. The maximum Gasteiger partial charge on any atom is 0.344 e. The number of carbonyl (C=O) groups is 1. The number of fused-ring (bicyclic) bond motifs is 3. The van der Waals surface area contributed by atoms with Crippen molar-refractivity contribution in [3.8, 4) is 5.75 Å². The van der Waals surface area contributed by atoms with Crippen molar-refractivity contribution >= 4 is 27.6 Å². The molecule has 0 spiro atoms. The Balaban J connectivity index is 1.53. The van der Waals surface area contributed by atoms with Crippen molar-refractivity contribution in [2.45, 2.75) is 13.5 Å². The van der Waals surface area contributed by atoms with Crippen LogP contribution in [0.5, 0.6) is 5.75 Å². The highest BCUT2D eigenvalue weighted by Crippen LogP contribution is 2.30. The predicted molar refractivity (Wildman–Crippen MR) is 106 cm³/mol. The van der Waals surface area contributed by atoms with Crippen LogP contribution in [0.15, 0.2) is 70.1 Å². The summed E-state index contributed by atoms with van der Waals surface area (Å²) in [6, 6.07) is 14.7. The first-order chi connectivity index (χ1) is 13.6. The standard InChI is InChI=1S/C22H18N2O4/c1-14-19(27-13-20(25)24-12-15-5-4-10-23-11-15)9-8-17-16-6-2-3-7-18(16)22(26)28-21(14)17/h2-11H,12-13H2,1H3,(H,24,25). The monoisotopic (exact) mass is 374 g/mol. The summed E-state index contributed by atoms with van der Waals surface area (Å²) < 4.78 is 11.2. The molecule has 6 nitrogen and oxygen atoms in total. The summed E-state index contributed by atoms with van der Waals surface area (Å²) >= 11 is 0. The lowest BCUT2D eigenvalue weighted by Crippen LogP contribution is -2.28. The van der Waals surface area contributed by atoms with E-state index in [2.05, 4.69) is 10.3 Å². The van der Waals surface area contributed by atoms with Crippen molar-refractivity contribution < 1.29 is 13.9 Å². The molecule has 6 heteroatoms. The van der Waals surface area contributed by atoms with E-state index in [4.69, 9.17) is 9.15 Å². The van der Waals surface area contributed by atoms with Gasteiger partial charge < -0.3 is 14.5 Å². The number of ether oxygens (including phenoxy) is 1. The first kappa shape index (κ1) is 17.7. The Kier molecular flexibility index (Phi) is 4.76. The highest BCUT2D eigenvalue weighted by molar-refractivity contribution is 6.05. The molecule has 0 aliphatic rings. The second-order valence-corrected chi connectivity index (χ2v) is 6.43. The predicted octanol–water partition coefficient (Wildman–Crippen LogP) is 3.34. The molecule has 0 aliphatic heterocycles. The van der Waals surface area contributed by atoms with Crippen LogP contribution in [-0.2, 0) is 11.3 Å². The van der Waals surface area contributed by atoms with Gasteiger partial charge in [0.1, 0.15) is 11.3 Å². The van der Waals surface area contributed by atoms with Gasteiger partial charge in [-0.05, 0) is 42.1 Å². The van der Waals surface area contributed by atoms with E-state index in [0.29, 0.717) is 28.8 Å². The van der Waals surface area contributed by atoms with Gasteiger partial charge in [-0.3, -0.25) is 9.78 Å². The number of rotatable bonds is 5. The highest BCUT2D eigenvalue weighted by atomic mass is 16.5. The Labute approximate surface area is 160 Å². The largest absolute Gasteiger partial charge is 0.483 e. The third kappa shape index (κ3) is 3.44. The second-order valence-electron chi connectivity index (χ2n) is 6.43. The quantitative estimate of drug-likeness (QED) is 0.428. The van der Waals surface area contributed by atoms with Gasteiger partial charge in [-0.2, -0.15) is 0 Å². The number of nitrogens with zero attached hydrogens (tertiary/aromatic N) is 1. The summed E-state index contributed by atoms with van der Waals surface area (Å²) in [6.07, 6.45) is 3.37. The fourth-order valence-corrected chi connectivity index (χ4v) is 3.11. The topological polar surface area (TPSA) is 81.4 Å². The average Bonchev–Trinajstić information content (AvgIpc) is 2.73. The van der Waals surface area contributed by atoms with Crippen molar-refractivity contribution in [2.75, 3.05) is 6.61 Å². The molecule has 0 bridgehead atoms. The van der Waals surface area contributed by atoms with Crippen molar-refractivity contribution in [3.63, 3.8) is 0 Å². The molecule has 1 N–H and O–H groups in total. The first-order valence-corrected chi connectivity index (χ1v) is 8.87. The molecule has 0 fully saturated rings. The molecule has 1 amide bonds. The fourth-order valence-electron chi connectivity index (χ4n) is 3.11. The molecule has 140 valence electrons. The number of aryl methyl sites for hydroxylation is 1. The van der Waals surface area contributed by atoms with Crippen molar-refractivity contribution in [1.29, 1.82) is 0 Å². The Bertz CT molecular complexity index is 1220. The number of benzene rings is 2. The molecule has 2 aromatic carbocycles. The van der Waals surface area contributed by atoms with Crippen LogP contribution in [0.3, 0.4) is 0 Å². The minimum Gasteiger partial charge on any atom is -0.483 e. The zero-order valence-corrected chi connectivity index (χ0v) is 15.3. The van der Waals surface area contributed by atoms with Gasteiger partial charge in [-0.15, -0.1) is 0 Å². The lowest BCUT2D eigenvalue weighted by molar-refractivity contribution is -0.123. The minimum absolute atomic E-state index is 0.135. The molecule has 4 aromatic rings. The number of aromatic nitrogens is 1. The Hall–Kier alpha value is -3.67. The molecular formula is C22H18N2O4. The summed E-state index contributed by atoms with van der Waals surface area (Å²) in [5, 5.41) is 4.99. The molecule has 0 aliphatic carbocycles. The summed E-state index contributed by atoms with van der Waals surface area (Å²) in [4.78, 5) is 28.3. The van der Waals surface area contributed by atoms with E-state index in [-0.39, 0.29) is 12.5 Å². The van der Waals surface area contributed by atoms with E-state index >= 15 is 0 Å². The minimum atomic E-state index is -0.391. The second kappa shape index (κ2) is 7.52. The number of hydrogen-bond acceptors (Lipinski definition) is 5. The van der Waals surface area contributed by atoms with Crippen LogP contribution >= 0.6 is 0 Å². The van der Waals surface area contributed by atoms with Crippen molar-refractivity contribution in [3.05, 3.63) is 82.5 Å². The Morgan fingerprint density at radius 3 is 2.68 bits per heavy atom. The maximum atomic E-state index is 12.3. The van der Waals surface area contributed by atoms with E-state index < -0.39 is 5.63 Å². The van der Waals surface area contributed by atoms with E-state index in [1.807, 2.05) is 37.3 Å². The fraction of sp³-hybridized carbons (Fsp3) is 0.136. The van der Waals surface area contributed by atoms with E-state index in [9.17, 15) is 9.59 Å². The molecule has 28 heavy (non-hydrogen) atoms. The van der Waals surface area contributed by atoms with Crippen LogP contribution in [0, 0.1) is 6.92 Å². The zero-order chi connectivity index (χ0) is 19.5. The van der Waals surface area contributed by atoms with E-state index in [1.54, 1.807) is 30.6 Å². The number of amides is 1. The molecule has 4 rings (SSSR count). The van der Waals surface area contributed by atoms with Gasteiger partial charge in [-0.25, -0.2) is 4.79 Å². The van der Waals surface area contributed by atoms with Gasteiger partial charge in [0.25, 0.3) is 5.91 Å². The summed E-state index contributed by atoms with van der Waals surface area (Å²) in [7, 11) is 0. The third-order valence-electron chi connectivity index (χ3n) is 4.56. The van der Waals surface area contributed by atoms with Gasteiger partial charge >= 0.3 is 5.63 Å². The van der Waals surface area contributed by atoms with Crippen LogP contribution < -0.4 is 15.7 Å². The summed E-state index contributed by atoms with van der Waals surface area (Å²) in [6.45, 7) is 2.06. The molecule has 0 saturated carbocycles. The number of carbonyl (C=O) groups excluding carboxylic acids is 1. The SMILES string of the molecule is Cc1c(OCC(=O)NCc2cccnc2)ccc2c1oc(=O)c1ccccc12. The average molecular weight is 374 g/mol. The number of pyridine rings is 1. The van der Waals surface area contributed by atoms with E-state index in [0.717, 1.165) is 16.3 Å². The van der Waals surface area contributed by atoms with Gasteiger partial charge in [-0.1, -0.05) is 24.3 Å². The van der Waals surface area contributed by atoms with E-state index in [1.165, 1.54) is 0 Å². The van der Waals surface area contributed by atoms with Crippen molar-refractivity contribution in [1.82, 2.24) is 10.3 Å². The van der Waals surface area contributed by atoms with Gasteiger partial charge in [0, 0.05) is 29.9 Å². The van der Waals surface area contributed by atoms with Crippen LogP contribution in [0.4, 0.5) is 0 Å². The summed E-state index contributed by atoms with van der Waals surface area (Å²) in [5.74, 6) is 0.255. The van der Waals surface area contributed by atoms with Gasteiger partial charge in [0.15, 0.2) is 6.61 Å². The van der Waals surface area contributed by atoms with Crippen LogP contribution in [0.2, 0.25) is 0 Å². The molecule has 0 unspecified atom stereocenters. The first-order valence-electron chi connectivity index (χ1n) is 8.87. The van der Waals surface area contributed by atoms with Crippen molar-refractivity contribution in [2.24, 2.45) is 0 Å². The zero-order valence-electron chi connectivity index (χ0n) is 15.3. The summed E-state index contributed by atoms with van der Waals surface area (Å²) in [5.41, 5.74) is 1.67. The number of hydrogen-bond donors (Lipinski definition) is 1. The maximum absolute atomic E-state index is 12.3. The van der Waals surface area contributed by atoms with Crippen LogP contribution in [0.25, 0.3) is 21.7 Å². The van der Waals surface area contributed by atoms with Gasteiger partial charge in [0.2, 0.25) is 0 Å². The Morgan fingerprint density at radius 1 is 1.07 bits per heavy atom. The number of nitrogens with one attached hydrogen (secondary N) is 1. The molecular weight excluding hydrogens is 356 g/mol. The lowest BCUT2D eigenvalue weighted by atomic mass is 10.0. The highest BCUT2D eigenvalue weighted by Gasteiger charge is 2.13.